The summed E-state index contributed by atoms with van der Waals surface area (Å²) in [4.78, 5) is 11.0. The topological polar surface area (TPSA) is 46.5 Å². The van der Waals surface area contributed by atoms with Gasteiger partial charge >= 0.3 is 5.97 Å². The van der Waals surface area contributed by atoms with Crippen molar-refractivity contribution in [3.8, 4) is 0 Å². The fourth-order valence-corrected chi connectivity index (χ4v) is 1.13. The number of unbranched alkanes of at least 4 members (excludes halogenated alkanes) is 3. The van der Waals surface area contributed by atoms with E-state index in [1.807, 2.05) is 0 Å². The van der Waals surface area contributed by atoms with Crippen molar-refractivity contribution in [1.29, 1.82) is 0 Å². The first-order valence-electron chi connectivity index (χ1n) is 5.10. The highest BCUT2D eigenvalue weighted by atomic mass is 35.5. The molecule has 0 aliphatic carbocycles. The highest BCUT2D eigenvalue weighted by Gasteiger charge is 2.09. The second-order valence-electron chi connectivity index (χ2n) is 3.29. The van der Waals surface area contributed by atoms with Crippen LogP contribution >= 0.6 is 11.6 Å². The normalized spacial score (nSPS) is 12.5. The summed E-state index contributed by atoms with van der Waals surface area (Å²) in [5, 5.41) is 9.04. The highest BCUT2D eigenvalue weighted by Crippen LogP contribution is 2.01. The monoisotopic (exact) mass is 222 g/mol. The van der Waals surface area contributed by atoms with Crippen LogP contribution in [0.4, 0.5) is 0 Å². The largest absolute Gasteiger partial charge is 0.466 e. The Morgan fingerprint density at radius 2 is 2.14 bits per heavy atom. The van der Waals surface area contributed by atoms with Crippen LogP contribution in [0.25, 0.3) is 0 Å². The second kappa shape index (κ2) is 9.28. The molecule has 3 nitrogen and oxygen atoms in total. The number of carbonyl (C=O) groups excluding carboxylic acids is 1. The molecule has 0 aliphatic rings. The van der Waals surface area contributed by atoms with Crippen molar-refractivity contribution in [2.45, 2.75) is 45.1 Å². The number of ether oxygens (including phenoxy) is 1. The lowest BCUT2D eigenvalue weighted by Crippen LogP contribution is -2.17. The summed E-state index contributed by atoms with van der Waals surface area (Å²) in [6.07, 6.45) is 3.54. The zero-order valence-corrected chi connectivity index (χ0v) is 9.42. The minimum absolute atomic E-state index is 0.00270. The average molecular weight is 223 g/mol. The van der Waals surface area contributed by atoms with Crippen molar-refractivity contribution in [2.24, 2.45) is 0 Å². The number of halogens is 1. The molecule has 0 amide bonds. The fourth-order valence-electron chi connectivity index (χ4n) is 1.02. The third-order valence-electron chi connectivity index (χ3n) is 1.84. The molecule has 0 unspecified atom stereocenters. The van der Waals surface area contributed by atoms with Gasteiger partial charge in [-0.2, -0.15) is 0 Å². The van der Waals surface area contributed by atoms with Crippen molar-refractivity contribution in [2.75, 3.05) is 12.5 Å². The van der Waals surface area contributed by atoms with Crippen molar-refractivity contribution >= 4 is 17.6 Å². The van der Waals surface area contributed by atoms with Gasteiger partial charge in [-0.25, -0.2) is 0 Å². The van der Waals surface area contributed by atoms with Crippen molar-refractivity contribution < 1.29 is 14.6 Å². The maximum Gasteiger partial charge on any atom is 0.308 e. The molecule has 0 aromatic rings. The molecule has 0 heterocycles. The summed E-state index contributed by atoms with van der Waals surface area (Å²) in [5.41, 5.74) is 0. The van der Waals surface area contributed by atoms with Gasteiger partial charge in [-0.3, -0.25) is 4.79 Å². The molecule has 4 heteroatoms. The summed E-state index contributed by atoms with van der Waals surface area (Å²) in [5.74, 6) is -0.292. The smallest absolute Gasteiger partial charge is 0.308 e. The number of esters is 1. The number of aliphatic hydroxyl groups is 1. The van der Waals surface area contributed by atoms with E-state index in [1.54, 1.807) is 0 Å². The molecule has 0 aromatic carbocycles. The van der Waals surface area contributed by atoms with E-state index in [9.17, 15) is 4.79 Å². The lowest BCUT2D eigenvalue weighted by Gasteiger charge is -2.07. The van der Waals surface area contributed by atoms with Gasteiger partial charge in [0.1, 0.15) is 0 Å². The van der Waals surface area contributed by atoms with Gasteiger partial charge in [-0.1, -0.05) is 26.2 Å². The second-order valence-corrected chi connectivity index (χ2v) is 3.60. The first kappa shape index (κ1) is 13.7. The molecule has 0 aliphatic heterocycles. The first-order valence-corrected chi connectivity index (χ1v) is 5.63. The van der Waals surface area contributed by atoms with E-state index in [-0.39, 0.29) is 18.3 Å². The summed E-state index contributed by atoms with van der Waals surface area (Å²) >= 11 is 5.34. The van der Waals surface area contributed by atoms with E-state index in [0.717, 1.165) is 12.8 Å². The van der Waals surface area contributed by atoms with Gasteiger partial charge in [0.05, 0.1) is 19.1 Å². The van der Waals surface area contributed by atoms with Crippen LogP contribution in [0.2, 0.25) is 0 Å². The van der Waals surface area contributed by atoms with Gasteiger partial charge in [-0.05, 0) is 6.42 Å². The molecule has 0 spiro atoms. The number of rotatable bonds is 8. The van der Waals surface area contributed by atoms with Crippen LogP contribution < -0.4 is 0 Å². The van der Waals surface area contributed by atoms with E-state index in [4.69, 9.17) is 21.4 Å². The van der Waals surface area contributed by atoms with E-state index in [0.29, 0.717) is 6.61 Å². The summed E-state index contributed by atoms with van der Waals surface area (Å²) in [6, 6.07) is 0. The van der Waals surface area contributed by atoms with E-state index in [1.165, 1.54) is 12.8 Å². The molecule has 0 saturated heterocycles. The molecule has 0 radical (unpaired) electrons. The number of hydrogen-bond acceptors (Lipinski definition) is 3. The Kier molecular flexibility index (Phi) is 9.10. The van der Waals surface area contributed by atoms with Gasteiger partial charge in [0.15, 0.2) is 0 Å². The standard InChI is InChI=1S/C10H19ClO3/c1-2-3-4-5-6-14-10(13)7-9(12)8-11/h9,12H,2-8H2,1H3/t9-/m1/s1. The van der Waals surface area contributed by atoms with Crippen LogP contribution in [0.3, 0.4) is 0 Å². The van der Waals surface area contributed by atoms with Crippen molar-refractivity contribution in [3.63, 3.8) is 0 Å². The molecule has 1 atom stereocenters. The van der Waals surface area contributed by atoms with Crippen LogP contribution in [-0.2, 0) is 9.53 Å². The highest BCUT2D eigenvalue weighted by molar-refractivity contribution is 6.18. The molecular formula is C10H19ClO3. The minimum Gasteiger partial charge on any atom is -0.466 e. The number of alkyl halides is 1. The summed E-state index contributed by atoms with van der Waals surface area (Å²) in [6.45, 7) is 2.58. The fraction of sp³-hybridized carbons (Fsp3) is 0.900. The van der Waals surface area contributed by atoms with E-state index < -0.39 is 6.10 Å². The third kappa shape index (κ3) is 8.32. The average Bonchev–Trinajstić information content (AvgIpc) is 2.17. The first-order chi connectivity index (χ1) is 6.70. The maximum absolute atomic E-state index is 11.0. The van der Waals surface area contributed by atoms with Crippen LogP contribution in [0, 0.1) is 0 Å². The van der Waals surface area contributed by atoms with E-state index >= 15 is 0 Å². The quantitative estimate of drug-likeness (QED) is 0.389. The molecule has 0 saturated carbocycles. The Hall–Kier alpha value is -0.280. The Morgan fingerprint density at radius 1 is 1.43 bits per heavy atom. The predicted octanol–water partition coefficient (Wildman–Crippen LogP) is 2.10. The minimum atomic E-state index is -0.778. The van der Waals surface area contributed by atoms with Crippen LogP contribution in [0.5, 0.6) is 0 Å². The summed E-state index contributed by atoms with van der Waals surface area (Å²) < 4.78 is 4.90. The zero-order valence-electron chi connectivity index (χ0n) is 8.67. The molecule has 84 valence electrons. The van der Waals surface area contributed by atoms with Crippen LogP contribution in [0.1, 0.15) is 39.0 Å². The maximum atomic E-state index is 11.0. The number of hydrogen-bond donors (Lipinski definition) is 1. The van der Waals surface area contributed by atoms with Gasteiger partial charge in [-0.15, -0.1) is 11.6 Å². The Labute approximate surface area is 90.4 Å². The van der Waals surface area contributed by atoms with Crippen LogP contribution in [-0.4, -0.2) is 29.7 Å². The third-order valence-corrected chi connectivity index (χ3v) is 2.20. The van der Waals surface area contributed by atoms with Gasteiger partial charge in [0, 0.05) is 5.88 Å². The van der Waals surface area contributed by atoms with E-state index in [2.05, 4.69) is 6.92 Å². The zero-order chi connectivity index (χ0) is 10.8. The lowest BCUT2D eigenvalue weighted by atomic mass is 10.2. The molecule has 0 bridgehead atoms. The van der Waals surface area contributed by atoms with Gasteiger partial charge in [0.25, 0.3) is 0 Å². The van der Waals surface area contributed by atoms with Crippen LogP contribution in [0.15, 0.2) is 0 Å². The van der Waals surface area contributed by atoms with Crippen molar-refractivity contribution in [3.05, 3.63) is 0 Å². The summed E-state index contributed by atoms with van der Waals surface area (Å²) in [7, 11) is 0. The molecule has 1 N–H and O–H groups in total. The number of aliphatic hydroxyl groups excluding tert-OH is 1. The Morgan fingerprint density at radius 3 is 2.71 bits per heavy atom. The predicted molar refractivity (Wildman–Crippen MR) is 56.4 cm³/mol. The SMILES string of the molecule is CCCCCCOC(=O)C[C@@H](O)CCl. The molecular weight excluding hydrogens is 204 g/mol. The Balaban J connectivity index is 3.27. The lowest BCUT2D eigenvalue weighted by molar-refractivity contribution is -0.145. The van der Waals surface area contributed by atoms with Gasteiger partial charge in [0.2, 0.25) is 0 Å². The number of carbonyl (C=O) groups is 1. The Bertz CT molecular complexity index is 150. The molecule has 0 aromatic heterocycles. The molecule has 0 fully saturated rings. The molecule has 14 heavy (non-hydrogen) atoms. The molecule has 0 rings (SSSR count). The van der Waals surface area contributed by atoms with Crippen molar-refractivity contribution in [1.82, 2.24) is 0 Å². The van der Waals surface area contributed by atoms with Gasteiger partial charge < -0.3 is 9.84 Å².